The van der Waals surface area contributed by atoms with Gasteiger partial charge in [0.2, 0.25) is 5.91 Å². The molecular formula is C18H26ClFN2O2. The number of amides is 1. The number of hydrogen-bond donors (Lipinski definition) is 2. The van der Waals surface area contributed by atoms with Gasteiger partial charge in [-0.05, 0) is 48.9 Å². The molecule has 0 aromatic heterocycles. The third kappa shape index (κ3) is 4.47. The van der Waals surface area contributed by atoms with Crippen LogP contribution in [0.1, 0.15) is 43.7 Å². The Morgan fingerprint density at radius 3 is 2.96 bits per heavy atom. The quantitative estimate of drug-likeness (QED) is 0.869. The highest BCUT2D eigenvalue weighted by atomic mass is 35.5. The van der Waals surface area contributed by atoms with Gasteiger partial charge in [-0.3, -0.25) is 4.79 Å². The number of rotatable bonds is 4. The van der Waals surface area contributed by atoms with Crippen molar-refractivity contribution in [3.05, 3.63) is 29.1 Å². The van der Waals surface area contributed by atoms with Crippen LogP contribution in [0.5, 0.6) is 0 Å². The molecule has 1 amide bonds. The topological polar surface area (TPSA) is 50.4 Å². The van der Waals surface area contributed by atoms with Crippen molar-refractivity contribution in [3.8, 4) is 0 Å². The Kier molecular flexibility index (Phi) is 7.02. The lowest BCUT2D eigenvalue weighted by molar-refractivity contribution is -0.124. The molecule has 24 heavy (non-hydrogen) atoms. The van der Waals surface area contributed by atoms with Crippen LogP contribution in [0.3, 0.4) is 0 Å². The lowest BCUT2D eigenvalue weighted by Crippen LogP contribution is -2.30. The van der Waals surface area contributed by atoms with Crippen molar-refractivity contribution in [2.24, 2.45) is 5.92 Å². The molecule has 134 valence electrons. The van der Waals surface area contributed by atoms with Gasteiger partial charge in [-0.15, -0.1) is 12.4 Å². The molecule has 3 rings (SSSR count). The van der Waals surface area contributed by atoms with Crippen molar-refractivity contribution >= 4 is 24.0 Å². The average Bonchev–Trinajstić information content (AvgIpc) is 2.57. The second kappa shape index (κ2) is 8.79. The first-order chi connectivity index (χ1) is 11.1. The summed E-state index contributed by atoms with van der Waals surface area (Å²) < 4.78 is 20.2. The van der Waals surface area contributed by atoms with Crippen LogP contribution in [0.25, 0.3) is 0 Å². The summed E-state index contributed by atoms with van der Waals surface area (Å²) in [5.41, 5.74) is 1.94. The van der Waals surface area contributed by atoms with Crippen LogP contribution in [0.15, 0.2) is 12.1 Å². The number of hydrogen-bond acceptors (Lipinski definition) is 3. The van der Waals surface area contributed by atoms with Crippen LogP contribution < -0.4 is 10.6 Å². The lowest BCUT2D eigenvalue weighted by Gasteiger charge is -2.28. The number of ether oxygens (including phenoxy) is 1. The van der Waals surface area contributed by atoms with Crippen LogP contribution in [0.2, 0.25) is 0 Å². The highest BCUT2D eigenvalue weighted by Gasteiger charge is 2.23. The van der Waals surface area contributed by atoms with Gasteiger partial charge in [0.25, 0.3) is 0 Å². The fraction of sp³-hybridized carbons (Fsp3) is 0.611. The maximum atomic E-state index is 14.5. The summed E-state index contributed by atoms with van der Waals surface area (Å²) in [6.45, 7) is 3.61. The van der Waals surface area contributed by atoms with Crippen molar-refractivity contribution in [3.63, 3.8) is 0 Å². The molecule has 0 bridgehead atoms. The maximum Gasteiger partial charge on any atom is 0.250 e. The van der Waals surface area contributed by atoms with Gasteiger partial charge in [-0.2, -0.15) is 0 Å². The van der Waals surface area contributed by atoms with E-state index in [0.29, 0.717) is 24.4 Å². The van der Waals surface area contributed by atoms with Crippen molar-refractivity contribution in [2.45, 2.75) is 51.7 Å². The van der Waals surface area contributed by atoms with Crippen molar-refractivity contribution in [1.82, 2.24) is 5.32 Å². The van der Waals surface area contributed by atoms with Gasteiger partial charge in [0.05, 0.1) is 11.8 Å². The van der Waals surface area contributed by atoms with Gasteiger partial charge >= 0.3 is 0 Å². The van der Waals surface area contributed by atoms with E-state index in [1.165, 1.54) is 6.42 Å². The molecule has 6 heteroatoms. The smallest absolute Gasteiger partial charge is 0.250 e. The maximum absolute atomic E-state index is 14.5. The molecule has 0 radical (unpaired) electrons. The molecule has 2 N–H and O–H groups in total. The first-order valence-electron chi connectivity index (χ1n) is 8.57. The third-order valence-corrected chi connectivity index (χ3v) is 4.94. The standard InChI is InChI=1S/C18H25FN2O2.ClH/c1-12-4-2-3-5-16(12)23-11-17(22)21-15-7-6-13-10-20-9-8-14(13)18(15)19;/h6-7,12,16,20H,2-5,8-11H2,1H3,(H,21,22);1H. The number of halogens is 2. The zero-order chi connectivity index (χ0) is 16.2. The molecule has 2 atom stereocenters. The largest absolute Gasteiger partial charge is 0.368 e. The number of carbonyl (C=O) groups excluding carboxylic acids is 1. The van der Waals surface area contributed by atoms with E-state index in [9.17, 15) is 9.18 Å². The lowest BCUT2D eigenvalue weighted by atomic mass is 9.88. The normalized spacial score (nSPS) is 23.1. The summed E-state index contributed by atoms with van der Waals surface area (Å²) in [6.07, 6.45) is 5.36. The highest BCUT2D eigenvalue weighted by molar-refractivity contribution is 5.92. The van der Waals surface area contributed by atoms with Gasteiger partial charge in [-0.1, -0.05) is 25.8 Å². The summed E-state index contributed by atoms with van der Waals surface area (Å²) >= 11 is 0. The van der Waals surface area contributed by atoms with Gasteiger partial charge < -0.3 is 15.4 Å². The van der Waals surface area contributed by atoms with Gasteiger partial charge in [-0.25, -0.2) is 4.39 Å². The first-order valence-corrected chi connectivity index (χ1v) is 8.57. The minimum atomic E-state index is -0.302. The van der Waals surface area contributed by atoms with Crippen LogP contribution in [-0.4, -0.2) is 25.2 Å². The zero-order valence-corrected chi connectivity index (χ0v) is 14.9. The Hall–Kier alpha value is -1.17. The SMILES string of the molecule is CC1CCCCC1OCC(=O)Nc1ccc2c(c1F)CCNC2.Cl. The molecule has 1 aliphatic heterocycles. The Labute approximate surface area is 148 Å². The van der Waals surface area contributed by atoms with E-state index < -0.39 is 0 Å². The molecule has 1 aromatic carbocycles. The van der Waals surface area contributed by atoms with Crippen molar-refractivity contribution < 1.29 is 13.9 Å². The van der Waals surface area contributed by atoms with E-state index in [-0.39, 0.29) is 42.5 Å². The summed E-state index contributed by atoms with van der Waals surface area (Å²) in [5.74, 6) is -0.0940. The van der Waals surface area contributed by atoms with E-state index in [1.54, 1.807) is 6.07 Å². The Bertz CT molecular complexity index is 582. The van der Waals surface area contributed by atoms with E-state index >= 15 is 0 Å². The summed E-state index contributed by atoms with van der Waals surface area (Å²) in [7, 11) is 0. The van der Waals surface area contributed by atoms with Crippen molar-refractivity contribution in [1.29, 1.82) is 0 Å². The average molecular weight is 357 g/mol. The summed E-state index contributed by atoms with van der Waals surface area (Å²) in [4.78, 5) is 12.1. The molecule has 0 spiro atoms. The Balaban J connectivity index is 0.00000208. The van der Waals surface area contributed by atoms with Crippen LogP contribution >= 0.6 is 12.4 Å². The molecule has 4 nitrogen and oxygen atoms in total. The minimum absolute atomic E-state index is 0. The molecule has 1 saturated carbocycles. The second-order valence-corrected chi connectivity index (χ2v) is 6.65. The number of benzene rings is 1. The second-order valence-electron chi connectivity index (χ2n) is 6.65. The minimum Gasteiger partial charge on any atom is -0.368 e. The Morgan fingerprint density at radius 1 is 1.38 bits per heavy atom. The number of fused-ring (bicyclic) bond motifs is 1. The zero-order valence-electron chi connectivity index (χ0n) is 14.1. The predicted octanol–water partition coefficient (Wildman–Crippen LogP) is 3.43. The molecule has 1 heterocycles. The van der Waals surface area contributed by atoms with E-state index in [0.717, 1.165) is 31.4 Å². The van der Waals surface area contributed by atoms with Crippen LogP contribution in [0.4, 0.5) is 10.1 Å². The first kappa shape index (κ1) is 19.2. The fourth-order valence-electron chi connectivity index (χ4n) is 3.53. The number of nitrogens with one attached hydrogen (secondary N) is 2. The van der Waals surface area contributed by atoms with Gasteiger partial charge in [0.1, 0.15) is 12.4 Å². The summed E-state index contributed by atoms with van der Waals surface area (Å²) in [5, 5.41) is 5.87. The van der Waals surface area contributed by atoms with Gasteiger partial charge in [0.15, 0.2) is 0 Å². The molecule has 0 saturated heterocycles. The molecule has 2 aliphatic rings. The van der Waals surface area contributed by atoms with Gasteiger partial charge in [0, 0.05) is 6.54 Å². The Morgan fingerprint density at radius 2 is 2.17 bits per heavy atom. The summed E-state index contributed by atoms with van der Waals surface area (Å²) in [6, 6.07) is 3.52. The van der Waals surface area contributed by atoms with E-state index in [2.05, 4.69) is 17.6 Å². The third-order valence-electron chi connectivity index (χ3n) is 4.94. The number of anilines is 1. The molecular weight excluding hydrogens is 331 g/mol. The van der Waals surface area contributed by atoms with E-state index in [4.69, 9.17) is 4.74 Å². The van der Waals surface area contributed by atoms with Crippen molar-refractivity contribution in [2.75, 3.05) is 18.5 Å². The number of carbonyl (C=O) groups is 1. The predicted molar refractivity (Wildman–Crippen MR) is 95.1 cm³/mol. The fourth-order valence-corrected chi connectivity index (χ4v) is 3.53. The molecule has 1 aliphatic carbocycles. The highest BCUT2D eigenvalue weighted by Crippen LogP contribution is 2.27. The monoisotopic (exact) mass is 356 g/mol. The van der Waals surface area contributed by atoms with E-state index in [1.807, 2.05) is 6.07 Å². The molecule has 1 aromatic rings. The molecule has 2 unspecified atom stereocenters. The molecule has 1 fully saturated rings. The van der Waals surface area contributed by atoms with Crippen LogP contribution in [0, 0.1) is 11.7 Å². The van der Waals surface area contributed by atoms with Crippen LogP contribution in [-0.2, 0) is 22.5 Å².